The SMILES string of the molecule is CC(=O)CC(c1ccncc1)c1ccc(C)cc1. The van der Waals surface area contributed by atoms with Crippen LogP contribution in [-0.4, -0.2) is 10.8 Å². The van der Waals surface area contributed by atoms with Crippen molar-refractivity contribution >= 4 is 5.78 Å². The number of carbonyl (C=O) groups is 1. The van der Waals surface area contributed by atoms with Gasteiger partial charge in [-0.15, -0.1) is 0 Å². The van der Waals surface area contributed by atoms with Crippen LogP contribution in [0.4, 0.5) is 0 Å². The zero-order chi connectivity index (χ0) is 13.0. The van der Waals surface area contributed by atoms with Crippen LogP contribution in [0.25, 0.3) is 0 Å². The third kappa shape index (κ3) is 3.04. The Hall–Kier alpha value is -1.96. The highest BCUT2D eigenvalue weighted by Crippen LogP contribution is 2.28. The summed E-state index contributed by atoms with van der Waals surface area (Å²) < 4.78 is 0. The van der Waals surface area contributed by atoms with Crippen molar-refractivity contribution in [1.29, 1.82) is 0 Å². The molecule has 0 amide bonds. The van der Waals surface area contributed by atoms with Crippen molar-refractivity contribution in [2.24, 2.45) is 0 Å². The molecule has 0 saturated heterocycles. The number of rotatable bonds is 4. The van der Waals surface area contributed by atoms with Gasteiger partial charge in [0.15, 0.2) is 0 Å². The standard InChI is InChI=1S/C16H17NO/c1-12-3-5-14(6-4-12)16(11-13(2)18)15-7-9-17-10-8-15/h3-10,16H,11H2,1-2H3. The Morgan fingerprint density at radius 3 is 2.17 bits per heavy atom. The first-order valence-corrected chi connectivity index (χ1v) is 6.13. The van der Waals surface area contributed by atoms with Crippen molar-refractivity contribution < 1.29 is 4.79 Å². The molecule has 1 aromatic heterocycles. The smallest absolute Gasteiger partial charge is 0.130 e. The van der Waals surface area contributed by atoms with Crippen LogP contribution in [0, 0.1) is 6.92 Å². The Labute approximate surface area is 108 Å². The van der Waals surface area contributed by atoms with Crippen molar-refractivity contribution in [3.63, 3.8) is 0 Å². The van der Waals surface area contributed by atoms with Gasteiger partial charge in [0.05, 0.1) is 0 Å². The molecule has 2 nitrogen and oxygen atoms in total. The van der Waals surface area contributed by atoms with Crippen molar-refractivity contribution in [2.45, 2.75) is 26.2 Å². The molecule has 1 heterocycles. The van der Waals surface area contributed by atoms with E-state index in [9.17, 15) is 4.79 Å². The third-order valence-corrected chi connectivity index (χ3v) is 3.08. The number of pyridine rings is 1. The highest BCUT2D eigenvalue weighted by Gasteiger charge is 2.15. The first-order valence-electron chi connectivity index (χ1n) is 6.13. The molecule has 0 aliphatic rings. The van der Waals surface area contributed by atoms with Crippen molar-refractivity contribution in [2.75, 3.05) is 0 Å². The fourth-order valence-corrected chi connectivity index (χ4v) is 2.11. The van der Waals surface area contributed by atoms with Crippen LogP contribution < -0.4 is 0 Å². The number of hydrogen-bond donors (Lipinski definition) is 0. The van der Waals surface area contributed by atoms with Gasteiger partial charge in [0.1, 0.15) is 5.78 Å². The van der Waals surface area contributed by atoms with Crippen LogP contribution in [0.3, 0.4) is 0 Å². The van der Waals surface area contributed by atoms with Gasteiger partial charge >= 0.3 is 0 Å². The average molecular weight is 239 g/mol. The summed E-state index contributed by atoms with van der Waals surface area (Å²) in [5.74, 6) is 0.337. The number of ketones is 1. The molecule has 0 N–H and O–H groups in total. The molecule has 2 heteroatoms. The lowest BCUT2D eigenvalue weighted by Crippen LogP contribution is -2.06. The largest absolute Gasteiger partial charge is 0.300 e. The molecule has 0 fully saturated rings. The summed E-state index contributed by atoms with van der Waals surface area (Å²) in [6, 6.07) is 12.3. The Morgan fingerprint density at radius 2 is 1.61 bits per heavy atom. The van der Waals surface area contributed by atoms with Crippen molar-refractivity contribution in [1.82, 2.24) is 4.98 Å². The summed E-state index contributed by atoms with van der Waals surface area (Å²) in [4.78, 5) is 15.5. The molecule has 0 spiro atoms. The zero-order valence-corrected chi connectivity index (χ0v) is 10.8. The van der Waals surface area contributed by atoms with E-state index in [0.29, 0.717) is 6.42 Å². The monoisotopic (exact) mass is 239 g/mol. The van der Waals surface area contributed by atoms with Crippen LogP contribution in [0.15, 0.2) is 48.8 Å². The maximum Gasteiger partial charge on any atom is 0.130 e. The molecule has 1 aromatic carbocycles. The van der Waals surface area contributed by atoms with E-state index in [0.717, 1.165) is 5.56 Å². The molecule has 1 atom stereocenters. The number of carbonyl (C=O) groups excluding carboxylic acids is 1. The second-order valence-electron chi connectivity index (χ2n) is 4.65. The lowest BCUT2D eigenvalue weighted by molar-refractivity contribution is -0.117. The summed E-state index contributed by atoms with van der Waals surface area (Å²) in [6.07, 6.45) is 4.08. The van der Waals surface area contributed by atoms with Crippen LogP contribution in [0.5, 0.6) is 0 Å². The summed E-state index contributed by atoms with van der Waals surface area (Å²) in [7, 11) is 0. The Morgan fingerprint density at radius 1 is 1.06 bits per heavy atom. The van der Waals surface area contributed by atoms with Gasteiger partial charge in [-0.05, 0) is 37.1 Å². The third-order valence-electron chi connectivity index (χ3n) is 3.08. The van der Waals surface area contributed by atoms with Crippen LogP contribution >= 0.6 is 0 Å². The van der Waals surface area contributed by atoms with Gasteiger partial charge in [-0.1, -0.05) is 29.8 Å². The molecule has 0 aliphatic heterocycles. The van der Waals surface area contributed by atoms with Gasteiger partial charge in [-0.25, -0.2) is 0 Å². The van der Waals surface area contributed by atoms with Crippen molar-refractivity contribution in [3.05, 3.63) is 65.5 Å². The van der Waals surface area contributed by atoms with E-state index in [-0.39, 0.29) is 11.7 Å². The van der Waals surface area contributed by atoms with Gasteiger partial charge in [0, 0.05) is 24.7 Å². The maximum atomic E-state index is 11.5. The molecule has 0 radical (unpaired) electrons. The average Bonchev–Trinajstić information content (AvgIpc) is 2.38. The quantitative estimate of drug-likeness (QED) is 0.817. The Bertz CT molecular complexity index is 517. The molecule has 2 aromatic rings. The molecule has 1 unspecified atom stereocenters. The molecular formula is C16H17NO. The lowest BCUT2D eigenvalue weighted by Gasteiger charge is -2.16. The topological polar surface area (TPSA) is 30.0 Å². The Kier molecular flexibility index (Phi) is 3.88. The zero-order valence-electron chi connectivity index (χ0n) is 10.8. The van der Waals surface area contributed by atoms with Gasteiger partial charge in [-0.2, -0.15) is 0 Å². The fraction of sp³-hybridized carbons (Fsp3) is 0.250. The Balaban J connectivity index is 2.36. The van der Waals surface area contributed by atoms with Gasteiger partial charge in [-0.3, -0.25) is 9.78 Å². The lowest BCUT2D eigenvalue weighted by atomic mass is 9.87. The van der Waals surface area contributed by atoms with Crippen LogP contribution in [0.1, 0.15) is 36.0 Å². The molecule has 0 aliphatic carbocycles. The predicted octanol–water partition coefficient (Wildman–Crippen LogP) is 3.50. The number of nitrogens with zero attached hydrogens (tertiary/aromatic N) is 1. The number of hydrogen-bond acceptors (Lipinski definition) is 2. The van der Waals surface area contributed by atoms with E-state index in [4.69, 9.17) is 0 Å². The highest BCUT2D eigenvalue weighted by atomic mass is 16.1. The molecular weight excluding hydrogens is 222 g/mol. The maximum absolute atomic E-state index is 11.5. The summed E-state index contributed by atoms with van der Waals surface area (Å²) in [6.45, 7) is 3.71. The number of aryl methyl sites for hydroxylation is 1. The predicted molar refractivity (Wildman–Crippen MR) is 72.6 cm³/mol. The van der Waals surface area contributed by atoms with Gasteiger partial charge < -0.3 is 0 Å². The molecule has 92 valence electrons. The fourth-order valence-electron chi connectivity index (χ4n) is 2.11. The minimum atomic E-state index is 0.131. The van der Waals surface area contributed by atoms with E-state index >= 15 is 0 Å². The second kappa shape index (κ2) is 5.58. The van der Waals surface area contributed by atoms with Crippen LogP contribution in [0.2, 0.25) is 0 Å². The van der Waals surface area contributed by atoms with Gasteiger partial charge in [0.2, 0.25) is 0 Å². The minimum Gasteiger partial charge on any atom is -0.300 e. The van der Waals surface area contributed by atoms with Crippen molar-refractivity contribution in [3.8, 4) is 0 Å². The van der Waals surface area contributed by atoms with E-state index < -0.39 is 0 Å². The minimum absolute atomic E-state index is 0.131. The first-order chi connectivity index (χ1) is 8.66. The highest BCUT2D eigenvalue weighted by molar-refractivity contribution is 5.77. The summed E-state index contributed by atoms with van der Waals surface area (Å²) >= 11 is 0. The van der Waals surface area contributed by atoms with E-state index in [1.807, 2.05) is 12.1 Å². The summed E-state index contributed by atoms with van der Waals surface area (Å²) in [5, 5.41) is 0. The molecule has 2 rings (SSSR count). The molecule has 0 saturated carbocycles. The van der Waals surface area contributed by atoms with Crippen LogP contribution in [-0.2, 0) is 4.79 Å². The first kappa shape index (κ1) is 12.5. The second-order valence-corrected chi connectivity index (χ2v) is 4.65. The number of benzene rings is 1. The van der Waals surface area contributed by atoms with E-state index in [1.165, 1.54) is 11.1 Å². The van der Waals surface area contributed by atoms with E-state index in [1.54, 1.807) is 19.3 Å². The van der Waals surface area contributed by atoms with E-state index in [2.05, 4.69) is 36.2 Å². The summed E-state index contributed by atoms with van der Waals surface area (Å²) in [5.41, 5.74) is 3.56. The van der Waals surface area contributed by atoms with Gasteiger partial charge in [0.25, 0.3) is 0 Å². The molecule has 18 heavy (non-hydrogen) atoms. The number of Topliss-reactive ketones (excluding diaryl/α,β-unsaturated/α-hetero) is 1. The molecule has 0 bridgehead atoms. The normalized spacial score (nSPS) is 12.1. The number of aromatic nitrogens is 1.